The van der Waals surface area contributed by atoms with Gasteiger partial charge in [-0.1, -0.05) is 30.3 Å². The van der Waals surface area contributed by atoms with Crippen LogP contribution in [0.2, 0.25) is 0 Å². The van der Waals surface area contributed by atoms with E-state index in [4.69, 9.17) is 4.74 Å². The fourth-order valence-corrected chi connectivity index (χ4v) is 2.54. The highest BCUT2D eigenvalue weighted by molar-refractivity contribution is 5.74. The SMILES string of the molecule is CC(C)(C)OC(=O)N1CCN(Cc2ccccc2)C(C(=O)[O-])C1. The zero-order valence-electron chi connectivity index (χ0n) is 13.8. The molecule has 1 atom stereocenters. The van der Waals surface area contributed by atoms with Crippen molar-refractivity contribution in [1.29, 1.82) is 0 Å². The number of hydrogen-bond acceptors (Lipinski definition) is 5. The molecule has 0 spiro atoms. The van der Waals surface area contributed by atoms with E-state index in [2.05, 4.69) is 0 Å². The summed E-state index contributed by atoms with van der Waals surface area (Å²) in [5.41, 5.74) is 0.430. The Labute approximate surface area is 136 Å². The number of ether oxygens (including phenoxy) is 1. The molecule has 1 aliphatic heterocycles. The van der Waals surface area contributed by atoms with E-state index in [9.17, 15) is 14.7 Å². The number of piperazine rings is 1. The molecule has 1 aliphatic rings. The molecule has 0 aliphatic carbocycles. The van der Waals surface area contributed by atoms with Gasteiger partial charge in [-0.25, -0.2) is 4.79 Å². The van der Waals surface area contributed by atoms with Crippen molar-refractivity contribution >= 4 is 12.1 Å². The third-order valence-electron chi connectivity index (χ3n) is 3.64. The van der Waals surface area contributed by atoms with Crippen molar-refractivity contribution in [2.45, 2.75) is 39.0 Å². The predicted molar refractivity (Wildman–Crippen MR) is 83.5 cm³/mol. The van der Waals surface area contributed by atoms with E-state index in [0.29, 0.717) is 19.6 Å². The van der Waals surface area contributed by atoms with Crippen molar-refractivity contribution in [3.63, 3.8) is 0 Å². The average Bonchev–Trinajstić information content (AvgIpc) is 2.46. The Balaban J connectivity index is 2.03. The normalized spacial score (nSPS) is 19.4. The second-order valence-electron chi connectivity index (χ2n) is 6.72. The molecule has 0 aromatic heterocycles. The maximum atomic E-state index is 12.1. The molecule has 0 saturated carbocycles. The van der Waals surface area contributed by atoms with E-state index in [1.54, 1.807) is 20.8 Å². The molecule has 23 heavy (non-hydrogen) atoms. The Kier molecular flexibility index (Phi) is 5.26. The van der Waals surface area contributed by atoms with Crippen LogP contribution >= 0.6 is 0 Å². The minimum Gasteiger partial charge on any atom is -0.548 e. The van der Waals surface area contributed by atoms with E-state index in [0.717, 1.165) is 5.56 Å². The van der Waals surface area contributed by atoms with E-state index < -0.39 is 23.7 Å². The minimum absolute atomic E-state index is 0.0735. The van der Waals surface area contributed by atoms with Crippen molar-refractivity contribution in [2.75, 3.05) is 19.6 Å². The van der Waals surface area contributed by atoms with Crippen LogP contribution in [-0.4, -0.2) is 53.1 Å². The van der Waals surface area contributed by atoms with Gasteiger partial charge in [0.1, 0.15) is 5.60 Å². The van der Waals surface area contributed by atoms with Crippen LogP contribution in [0.4, 0.5) is 4.79 Å². The number of hydrogen-bond donors (Lipinski definition) is 0. The van der Waals surface area contributed by atoms with Crippen molar-refractivity contribution in [3.05, 3.63) is 35.9 Å². The molecule has 2 rings (SSSR count). The summed E-state index contributed by atoms with van der Waals surface area (Å²) in [6.07, 6.45) is -0.483. The Morgan fingerprint density at radius 1 is 1.22 bits per heavy atom. The van der Waals surface area contributed by atoms with Gasteiger partial charge in [0.2, 0.25) is 0 Å². The number of rotatable bonds is 3. The first-order valence-electron chi connectivity index (χ1n) is 7.73. The summed E-state index contributed by atoms with van der Waals surface area (Å²) in [4.78, 5) is 26.9. The van der Waals surface area contributed by atoms with Crippen LogP contribution in [0.1, 0.15) is 26.3 Å². The summed E-state index contributed by atoms with van der Waals surface area (Å²) < 4.78 is 5.31. The fraction of sp³-hybridized carbons (Fsp3) is 0.529. The molecule has 1 unspecified atom stereocenters. The molecule has 1 saturated heterocycles. The number of carboxylic acids is 1. The Bertz CT molecular complexity index is 553. The number of carbonyl (C=O) groups excluding carboxylic acids is 2. The lowest BCUT2D eigenvalue weighted by molar-refractivity contribution is -0.313. The zero-order valence-corrected chi connectivity index (χ0v) is 13.8. The van der Waals surface area contributed by atoms with Crippen molar-refractivity contribution in [1.82, 2.24) is 9.80 Å². The molecule has 0 radical (unpaired) electrons. The largest absolute Gasteiger partial charge is 0.548 e. The third kappa shape index (κ3) is 4.96. The highest BCUT2D eigenvalue weighted by Crippen LogP contribution is 2.17. The Morgan fingerprint density at radius 2 is 1.87 bits per heavy atom. The zero-order chi connectivity index (χ0) is 17.0. The maximum Gasteiger partial charge on any atom is 0.410 e. The van der Waals surface area contributed by atoms with Crippen LogP contribution in [0.15, 0.2) is 30.3 Å². The first kappa shape index (κ1) is 17.3. The van der Waals surface area contributed by atoms with Gasteiger partial charge in [0.25, 0.3) is 0 Å². The van der Waals surface area contributed by atoms with Crippen LogP contribution in [0.3, 0.4) is 0 Å². The van der Waals surface area contributed by atoms with Crippen molar-refractivity contribution in [3.8, 4) is 0 Å². The molecule has 126 valence electrons. The average molecular weight is 319 g/mol. The topological polar surface area (TPSA) is 72.9 Å². The number of carbonyl (C=O) groups is 2. The van der Waals surface area contributed by atoms with Crippen LogP contribution in [0.5, 0.6) is 0 Å². The number of carboxylic acid groups (broad SMARTS) is 1. The molecule has 6 nitrogen and oxygen atoms in total. The standard InChI is InChI=1S/C17H24N2O4/c1-17(2,3)23-16(22)19-10-9-18(14(12-19)15(20)21)11-13-7-5-4-6-8-13/h4-8,14H,9-12H2,1-3H3,(H,20,21)/p-1. The number of amides is 1. The lowest BCUT2D eigenvalue weighted by atomic mass is 10.1. The number of aliphatic carboxylic acids is 1. The van der Waals surface area contributed by atoms with Crippen LogP contribution in [0, 0.1) is 0 Å². The molecular formula is C17H23N2O4-. The molecule has 6 heteroatoms. The van der Waals surface area contributed by atoms with E-state index in [1.807, 2.05) is 35.2 Å². The summed E-state index contributed by atoms with van der Waals surface area (Å²) >= 11 is 0. The van der Waals surface area contributed by atoms with Gasteiger partial charge in [0.15, 0.2) is 0 Å². The Hall–Kier alpha value is -2.08. The first-order valence-corrected chi connectivity index (χ1v) is 7.73. The molecule has 1 amide bonds. The van der Waals surface area contributed by atoms with Crippen LogP contribution in [0.25, 0.3) is 0 Å². The quantitative estimate of drug-likeness (QED) is 0.826. The minimum atomic E-state index is -1.17. The molecule has 1 heterocycles. The highest BCUT2D eigenvalue weighted by atomic mass is 16.6. The molecule has 0 bridgehead atoms. The van der Waals surface area contributed by atoms with Crippen LogP contribution < -0.4 is 5.11 Å². The van der Waals surface area contributed by atoms with Gasteiger partial charge < -0.3 is 19.5 Å². The molecule has 0 N–H and O–H groups in total. The van der Waals surface area contributed by atoms with Crippen LogP contribution in [-0.2, 0) is 16.1 Å². The predicted octanol–water partition coefficient (Wildman–Crippen LogP) is 0.858. The summed E-state index contributed by atoms with van der Waals surface area (Å²) in [6, 6.07) is 8.82. The highest BCUT2D eigenvalue weighted by Gasteiger charge is 2.32. The molecule has 1 fully saturated rings. The van der Waals surface area contributed by atoms with Gasteiger partial charge in [0, 0.05) is 26.2 Å². The van der Waals surface area contributed by atoms with Gasteiger partial charge in [0.05, 0.1) is 12.0 Å². The van der Waals surface area contributed by atoms with E-state index in [1.165, 1.54) is 4.90 Å². The van der Waals surface area contributed by atoms with Gasteiger partial charge in [-0.2, -0.15) is 0 Å². The summed E-state index contributed by atoms with van der Waals surface area (Å²) in [5, 5.41) is 11.5. The monoisotopic (exact) mass is 319 g/mol. The second-order valence-corrected chi connectivity index (χ2v) is 6.72. The smallest absolute Gasteiger partial charge is 0.410 e. The molecule has 1 aromatic carbocycles. The maximum absolute atomic E-state index is 12.1. The number of nitrogens with zero attached hydrogens (tertiary/aromatic N) is 2. The van der Waals surface area contributed by atoms with Gasteiger partial charge in [-0.3, -0.25) is 4.90 Å². The summed E-state index contributed by atoms with van der Waals surface area (Å²) in [5.74, 6) is -1.17. The Morgan fingerprint density at radius 3 is 2.43 bits per heavy atom. The third-order valence-corrected chi connectivity index (χ3v) is 3.64. The van der Waals surface area contributed by atoms with Crippen molar-refractivity contribution < 1.29 is 19.4 Å². The lowest BCUT2D eigenvalue weighted by Gasteiger charge is -2.42. The van der Waals surface area contributed by atoms with Gasteiger partial charge >= 0.3 is 6.09 Å². The van der Waals surface area contributed by atoms with Crippen molar-refractivity contribution in [2.24, 2.45) is 0 Å². The summed E-state index contributed by atoms with van der Waals surface area (Å²) in [6.45, 7) is 6.84. The van der Waals surface area contributed by atoms with E-state index >= 15 is 0 Å². The first-order chi connectivity index (χ1) is 10.8. The van der Waals surface area contributed by atoms with E-state index in [-0.39, 0.29) is 6.54 Å². The fourth-order valence-electron chi connectivity index (χ4n) is 2.54. The van der Waals surface area contributed by atoms with Gasteiger partial charge in [-0.05, 0) is 26.3 Å². The van der Waals surface area contributed by atoms with Gasteiger partial charge in [-0.15, -0.1) is 0 Å². The second kappa shape index (κ2) is 7.00. The lowest BCUT2D eigenvalue weighted by Crippen LogP contribution is -2.60. The summed E-state index contributed by atoms with van der Waals surface area (Å²) in [7, 11) is 0. The molecule has 1 aromatic rings. The molecular weight excluding hydrogens is 296 g/mol. The number of benzene rings is 1.